The lowest BCUT2D eigenvalue weighted by molar-refractivity contribution is -0.141. The van der Waals surface area contributed by atoms with Gasteiger partial charge in [-0.1, -0.05) is 11.6 Å². The number of nitrogens with zero attached hydrogens (tertiary/aromatic N) is 5. The summed E-state index contributed by atoms with van der Waals surface area (Å²) in [6, 6.07) is 1.08. The molecule has 2 aliphatic heterocycles. The smallest absolute Gasteiger partial charge is 0.390 e. The van der Waals surface area contributed by atoms with E-state index in [9.17, 15) is 41.4 Å². The summed E-state index contributed by atoms with van der Waals surface area (Å²) < 4.78 is 75.6. The molecule has 2 aromatic heterocycles. The molecule has 1 unspecified atom stereocenters. The fourth-order valence-electron chi connectivity index (χ4n) is 5.89. The van der Waals surface area contributed by atoms with Gasteiger partial charge in [0.25, 0.3) is 17.7 Å². The molecule has 3 aromatic rings. The molecule has 2 saturated heterocycles. The van der Waals surface area contributed by atoms with Crippen LogP contribution in [-0.4, -0.2) is 111 Å². The highest BCUT2D eigenvalue weighted by atomic mass is 35.5. The van der Waals surface area contributed by atoms with E-state index in [-0.39, 0.29) is 40.9 Å². The van der Waals surface area contributed by atoms with Gasteiger partial charge in [-0.3, -0.25) is 14.3 Å². The number of hydrogen-bond acceptors (Lipinski definition) is 8. The molecule has 5 N–H and O–H groups in total. The SMILES string of the molecule is CO[C@H]1CN(C(=O)N[C@@H]2CNC[C@H]2O)C[C@@H]1NC(=O)c1ccc(NC(=O)c2ncc(-c3cn(C4CC4(F)F)nc3C(F)(F)F)n2C)cc1Cl. The van der Waals surface area contributed by atoms with Crippen molar-refractivity contribution in [3.8, 4) is 11.3 Å². The lowest BCUT2D eigenvalue weighted by Crippen LogP contribution is -2.49. The predicted molar refractivity (Wildman–Crippen MR) is 162 cm³/mol. The number of nitrogens with one attached hydrogen (secondary N) is 4. The lowest BCUT2D eigenvalue weighted by atomic mass is 10.1. The van der Waals surface area contributed by atoms with Crippen LogP contribution >= 0.6 is 11.6 Å². The van der Waals surface area contributed by atoms with Crippen LogP contribution in [-0.2, 0) is 18.0 Å². The summed E-state index contributed by atoms with van der Waals surface area (Å²) in [6.45, 7) is 1.10. The zero-order chi connectivity index (χ0) is 35.4. The number of rotatable bonds is 8. The minimum absolute atomic E-state index is 0.0424. The van der Waals surface area contributed by atoms with E-state index in [0.717, 1.165) is 17.0 Å². The van der Waals surface area contributed by atoms with Gasteiger partial charge in [0.2, 0.25) is 0 Å². The first kappa shape index (κ1) is 34.5. The van der Waals surface area contributed by atoms with E-state index < -0.39 is 78.0 Å². The Hall–Kier alpha value is -4.33. The van der Waals surface area contributed by atoms with E-state index in [1.54, 1.807) is 0 Å². The lowest BCUT2D eigenvalue weighted by Gasteiger charge is -2.22. The van der Waals surface area contributed by atoms with Gasteiger partial charge < -0.3 is 40.6 Å². The van der Waals surface area contributed by atoms with Crippen molar-refractivity contribution in [1.82, 2.24) is 40.2 Å². The monoisotopic (exact) mass is 715 g/mol. The number of likely N-dealkylation sites (tertiary alicyclic amines) is 1. The summed E-state index contributed by atoms with van der Waals surface area (Å²) in [5.41, 5.74) is -1.90. The van der Waals surface area contributed by atoms with Gasteiger partial charge in [0.05, 0.1) is 58.9 Å². The van der Waals surface area contributed by atoms with Crippen LogP contribution in [0.25, 0.3) is 11.3 Å². The maximum Gasteiger partial charge on any atom is 0.435 e. The van der Waals surface area contributed by atoms with Crippen molar-refractivity contribution in [2.24, 2.45) is 7.05 Å². The Morgan fingerprint density at radius 3 is 2.47 bits per heavy atom. The van der Waals surface area contributed by atoms with Gasteiger partial charge in [-0.25, -0.2) is 18.6 Å². The highest BCUT2D eigenvalue weighted by molar-refractivity contribution is 6.34. The normalized spacial score (nSPS) is 24.6. The Bertz CT molecular complexity index is 1780. The first-order chi connectivity index (χ1) is 23.1. The highest BCUT2D eigenvalue weighted by Gasteiger charge is 2.59. The molecule has 4 amide bonds. The second-order valence-corrected chi connectivity index (χ2v) is 12.5. The number of anilines is 1. The number of methoxy groups -OCH3 is 1. The summed E-state index contributed by atoms with van der Waals surface area (Å²) in [6.07, 6.45) is -4.97. The van der Waals surface area contributed by atoms with Crippen molar-refractivity contribution in [3.63, 3.8) is 0 Å². The van der Waals surface area contributed by atoms with Crippen LogP contribution in [0.3, 0.4) is 0 Å². The van der Waals surface area contributed by atoms with Crippen molar-refractivity contribution in [1.29, 1.82) is 0 Å². The van der Waals surface area contributed by atoms with Gasteiger partial charge in [0.1, 0.15) is 6.04 Å². The van der Waals surface area contributed by atoms with Crippen molar-refractivity contribution in [2.45, 2.75) is 48.9 Å². The molecular weight excluding hydrogens is 685 g/mol. The van der Waals surface area contributed by atoms with Crippen molar-refractivity contribution in [2.75, 3.05) is 38.6 Å². The zero-order valence-electron chi connectivity index (χ0n) is 25.9. The molecule has 20 heteroatoms. The van der Waals surface area contributed by atoms with Gasteiger partial charge in [-0.2, -0.15) is 18.3 Å². The number of carbonyl (C=O) groups is 3. The molecule has 1 saturated carbocycles. The minimum atomic E-state index is -4.96. The summed E-state index contributed by atoms with van der Waals surface area (Å²) in [7, 11) is 2.74. The topological polar surface area (TPSA) is 168 Å². The zero-order valence-corrected chi connectivity index (χ0v) is 26.6. The van der Waals surface area contributed by atoms with Crippen LogP contribution in [0.5, 0.6) is 0 Å². The second kappa shape index (κ2) is 12.8. The largest absolute Gasteiger partial charge is 0.435 e. The quantitative estimate of drug-likeness (QED) is 0.222. The average molecular weight is 716 g/mol. The van der Waals surface area contributed by atoms with Crippen LogP contribution in [0.4, 0.5) is 32.4 Å². The standard InChI is InChI=1S/C29H31ClF5N9O5/c1-42-19(15-10-44(22-6-28(22,31)32)41-23(15)29(33,34)35)8-37-24(42)26(47)38-13-3-4-14(16(30)5-13)25(46)39-18-11-43(12-21(18)49-2)27(48)40-17-7-36-9-20(17)45/h3-5,8,10,17-18,20-22,36,45H,6-7,9,11-12H2,1-2H3,(H,38,47)(H,39,46)(H,40,48)/t17-,18+,20-,21+,22?/m1/s1. The number of aliphatic hydroxyl groups is 1. The average Bonchev–Trinajstić information content (AvgIpc) is 3.57. The number of amides is 4. The maximum absolute atomic E-state index is 13.8. The highest BCUT2D eigenvalue weighted by Crippen LogP contribution is 2.53. The summed E-state index contributed by atoms with van der Waals surface area (Å²) in [4.78, 5) is 44.4. The Morgan fingerprint density at radius 2 is 1.86 bits per heavy atom. The van der Waals surface area contributed by atoms with Crippen LogP contribution in [0, 0.1) is 0 Å². The number of β-amino-alcohol motifs (C(OH)–C–C–N with tert-alkyl or cyclic N) is 1. The van der Waals surface area contributed by atoms with Crippen LogP contribution in [0.2, 0.25) is 5.02 Å². The minimum Gasteiger partial charge on any atom is -0.390 e. The molecule has 14 nitrogen and oxygen atoms in total. The van der Waals surface area contributed by atoms with Gasteiger partial charge in [0.15, 0.2) is 11.5 Å². The van der Waals surface area contributed by atoms with Gasteiger partial charge >= 0.3 is 12.2 Å². The number of ether oxygens (including phenoxy) is 1. The number of urea groups is 1. The number of halogens is 6. The Balaban J connectivity index is 1.11. The molecule has 0 bridgehead atoms. The van der Waals surface area contributed by atoms with Gasteiger partial charge in [-0.15, -0.1) is 0 Å². The molecule has 264 valence electrons. The summed E-state index contributed by atoms with van der Waals surface area (Å²) >= 11 is 6.39. The third-order valence-corrected chi connectivity index (χ3v) is 9.03. The summed E-state index contributed by atoms with van der Waals surface area (Å²) in [5.74, 6) is -4.87. The van der Waals surface area contributed by atoms with E-state index in [1.165, 1.54) is 37.3 Å². The van der Waals surface area contributed by atoms with Crippen LogP contribution in [0.15, 0.2) is 30.6 Å². The number of hydrogen-bond donors (Lipinski definition) is 5. The number of aliphatic hydroxyl groups excluding tert-OH is 1. The number of benzene rings is 1. The number of carbonyl (C=O) groups excluding carboxylic acids is 3. The van der Waals surface area contributed by atoms with E-state index in [4.69, 9.17) is 16.3 Å². The predicted octanol–water partition coefficient (Wildman–Crippen LogP) is 2.26. The maximum atomic E-state index is 13.8. The van der Waals surface area contributed by atoms with Gasteiger partial charge in [0, 0.05) is 52.1 Å². The molecular formula is C29H31ClF5N9O5. The Labute approximate surface area is 279 Å². The first-order valence-electron chi connectivity index (χ1n) is 15.0. The molecule has 4 heterocycles. The Kier molecular flexibility index (Phi) is 9.05. The van der Waals surface area contributed by atoms with E-state index in [0.29, 0.717) is 17.8 Å². The molecule has 0 radical (unpaired) electrons. The molecule has 5 atom stereocenters. The van der Waals surface area contributed by atoms with Crippen LogP contribution < -0.4 is 21.3 Å². The summed E-state index contributed by atoms with van der Waals surface area (Å²) in [5, 5.41) is 24.4. The molecule has 0 spiro atoms. The van der Waals surface area contributed by atoms with Crippen LogP contribution in [0.1, 0.15) is 39.1 Å². The Morgan fingerprint density at radius 1 is 1.12 bits per heavy atom. The molecule has 3 fully saturated rings. The number of alkyl halides is 5. The van der Waals surface area contributed by atoms with E-state index in [1.807, 2.05) is 0 Å². The fraction of sp³-hybridized carbons (Fsp3) is 0.483. The molecule has 1 aliphatic carbocycles. The van der Waals surface area contributed by atoms with Crippen molar-refractivity contribution in [3.05, 3.63) is 52.7 Å². The molecule has 6 rings (SSSR count). The van der Waals surface area contributed by atoms with Crippen molar-refractivity contribution < 1.29 is 46.2 Å². The first-order valence-corrected chi connectivity index (χ1v) is 15.4. The number of aromatic nitrogens is 4. The third kappa shape index (κ3) is 6.92. The second-order valence-electron chi connectivity index (χ2n) is 12.1. The fourth-order valence-corrected chi connectivity index (χ4v) is 6.16. The molecule has 49 heavy (non-hydrogen) atoms. The number of imidazole rings is 1. The third-order valence-electron chi connectivity index (χ3n) is 8.72. The molecule has 1 aromatic carbocycles. The van der Waals surface area contributed by atoms with Crippen molar-refractivity contribution >= 4 is 35.1 Å². The van der Waals surface area contributed by atoms with E-state index in [2.05, 4.69) is 31.3 Å². The van der Waals surface area contributed by atoms with E-state index >= 15 is 0 Å². The van der Waals surface area contributed by atoms with Gasteiger partial charge in [-0.05, 0) is 18.2 Å². The molecule has 3 aliphatic rings.